The number of alkyl halides is 1. The van der Waals surface area contributed by atoms with Crippen molar-refractivity contribution in [2.75, 3.05) is 0 Å². The summed E-state index contributed by atoms with van der Waals surface area (Å²) in [7, 11) is 0. The van der Waals surface area contributed by atoms with Crippen LogP contribution in [-0.2, 0) is 0 Å². The van der Waals surface area contributed by atoms with Gasteiger partial charge in [0.1, 0.15) is 0 Å². The predicted octanol–water partition coefficient (Wildman–Crippen LogP) is 1.39. The number of nitrogens with two attached hydrogens (primary N) is 1. The molecule has 0 spiro atoms. The molecule has 2 atom stereocenters. The standard InChI is InChI=1S/C7H15ClN2/c8-6-4-2-1-3-5-7(6)10-9/h6-7,10H,1-5,9H2/t6-,7+/m1/s1. The molecule has 0 radical (unpaired) electrons. The van der Waals surface area contributed by atoms with Crippen LogP contribution in [0.15, 0.2) is 0 Å². The second-order valence-corrected chi connectivity index (χ2v) is 3.49. The van der Waals surface area contributed by atoms with Gasteiger partial charge in [-0.2, -0.15) is 0 Å². The lowest BCUT2D eigenvalue weighted by atomic mass is 10.1. The van der Waals surface area contributed by atoms with Crippen LogP contribution in [0, 0.1) is 0 Å². The Morgan fingerprint density at radius 3 is 2.60 bits per heavy atom. The van der Waals surface area contributed by atoms with Gasteiger partial charge in [0.25, 0.3) is 0 Å². The smallest absolute Gasteiger partial charge is 0.0502 e. The van der Waals surface area contributed by atoms with Crippen LogP contribution in [0.25, 0.3) is 0 Å². The Labute approximate surface area is 67.1 Å². The third-order valence-corrected chi connectivity index (χ3v) is 2.67. The molecule has 0 heterocycles. The van der Waals surface area contributed by atoms with Crippen molar-refractivity contribution in [3.8, 4) is 0 Å². The molecule has 0 aromatic carbocycles. The SMILES string of the molecule is NN[C@H]1CCCCC[C@H]1Cl. The summed E-state index contributed by atoms with van der Waals surface area (Å²) in [4.78, 5) is 0. The molecule has 3 heteroatoms. The summed E-state index contributed by atoms with van der Waals surface area (Å²) in [5, 5.41) is 0.243. The van der Waals surface area contributed by atoms with E-state index >= 15 is 0 Å². The Morgan fingerprint density at radius 1 is 1.20 bits per heavy atom. The van der Waals surface area contributed by atoms with Crippen LogP contribution in [0.4, 0.5) is 0 Å². The van der Waals surface area contributed by atoms with Gasteiger partial charge in [0, 0.05) is 6.04 Å². The van der Waals surface area contributed by atoms with Crippen LogP contribution in [0.3, 0.4) is 0 Å². The van der Waals surface area contributed by atoms with E-state index in [2.05, 4.69) is 5.43 Å². The molecular weight excluding hydrogens is 148 g/mol. The molecule has 1 rings (SSSR count). The number of hydrogen-bond donors (Lipinski definition) is 2. The van der Waals surface area contributed by atoms with Crippen molar-refractivity contribution in [3.05, 3.63) is 0 Å². The highest BCUT2D eigenvalue weighted by molar-refractivity contribution is 6.21. The van der Waals surface area contributed by atoms with Gasteiger partial charge in [0.15, 0.2) is 0 Å². The van der Waals surface area contributed by atoms with E-state index in [0.29, 0.717) is 6.04 Å². The fourth-order valence-corrected chi connectivity index (χ4v) is 1.80. The minimum atomic E-state index is 0.243. The van der Waals surface area contributed by atoms with Crippen molar-refractivity contribution >= 4 is 11.6 Å². The Morgan fingerprint density at radius 2 is 1.90 bits per heavy atom. The zero-order valence-electron chi connectivity index (χ0n) is 6.15. The maximum absolute atomic E-state index is 6.04. The lowest BCUT2D eigenvalue weighted by molar-refractivity contribution is 0.478. The van der Waals surface area contributed by atoms with Crippen molar-refractivity contribution in [2.24, 2.45) is 5.84 Å². The molecule has 0 amide bonds. The molecule has 0 unspecified atom stereocenters. The highest BCUT2D eigenvalue weighted by atomic mass is 35.5. The lowest BCUT2D eigenvalue weighted by Gasteiger charge is -2.17. The maximum atomic E-state index is 6.04. The van der Waals surface area contributed by atoms with Gasteiger partial charge in [-0.05, 0) is 12.8 Å². The molecule has 0 aromatic rings. The van der Waals surface area contributed by atoms with Gasteiger partial charge in [-0.3, -0.25) is 11.3 Å². The first-order chi connectivity index (χ1) is 4.84. The molecule has 3 N–H and O–H groups in total. The average molecular weight is 163 g/mol. The van der Waals surface area contributed by atoms with Gasteiger partial charge in [0.2, 0.25) is 0 Å². The Bertz CT molecular complexity index is 97.6. The minimum absolute atomic E-state index is 0.243. The van der Waals surface area contributed by atoms with Crippen LogP contribution in [0.2, 0.25) is 0 Å². The van der Waals surface area contributed by atoms with E-state index in [-0.39, 0.29) is 5.38 Å². The second kappa shape index (κ2) is 4.16. The Balaban J connectivity index is 2.35. The number of rotatable bonds is 1. The van der Waals surface area contributed by atoms with Crippen LogP contribution >= 0.6 is 11.6 Å². The molecule has 2 nitrogen and oxygen atoms in total. The van der Waals surface area contributed by atoms with Gasteiger partial charge < -0.3 is 0 Å². The fourth-order valence-electron chi connectivity index (χ4n) is 1.45. The summed E-state index contributed by atoms with van der Waals surface area (Å²) in [5.41, 5.74) is 2.76. The summed E-state index contributed by atoms with van der Waals surface area (Å²) in [6.07, 6.45) is 6.06. The molecule has 1 aliphatic rings. The van der Waals surface area contributed by atoms with Crippen LogP contribution in [0.5, 0.6) is 0 Å². The molecule has 1 aliphatic carbocycles. The summed E-state index contributed by atoms with van der Waals surface area (Å²) in [5.74, 6) is 5.33. The quantitative estimate of drug-likeness (QED) is 0.265. The lowest BCUT2D eigenvalue weighted by Crippen LogP contribution is -2.40. The molecule has 60 valence electrons. The van der Waals surface area contributed by atoms with Crippen LogP contribution < -0.4 is 11.3 Å². The molecule has 1 saturated carbocycles. The minimum Gasteiger partial charge on any atom is -0.271 e. The topological polar surface area (TPSA) is 38.0 Å². The number of hydrazine groups is 1. The first-order valence-electron chi connectivity index (χ1n) is 3.95. The largest absolute Gasteiger partial charge is 0.271 e. The summed E-state index contributed by atoms with van der Waals surface area (Å²) < 4.78 is 0. The molecule has 0 aromatic heterocycles. The van der Waals surface area contributed by atoms with E-state index in [1.54, 1.807) is 0 Å². The zero-order valence-corrected chi connectivity index (χ0v) is 6.90. The highest BCUT2D eigenvalue weighted by Crippen LogP contribution is 2.21. The molecule has 0 bridgehead atoms. The third-order valence-electron chi connectivity index (χ3n) is 2.15. The predicted molar refractivity (Wildman–Crippen MR) is 43.8 cm³/mol. The summed E-state index contributed by atoms with van der Waals surface area (Å²) in [6, 6.07) is 0.337. The molecule has 0 aliphatic heterocycles. The summed E-state index contributed by atoms with van der Waals surface area (Å²) >= 11 is 6.04. The van der Waals surface area contributed by atoms with Crippen molar-refractivity contribution < 1.29 is 0 Å². The maximum Gasteiger partial charge on any atom is 0.0502 e. The second-order valence-electron chi connectivity index (χ2n) is 2.93. The molecular formula is C7H15ClN2. The van der Waals surface area contributed by atoms with Crippen molar-refractivity contribution in [1.29, 1.82) is 0 Å². The van der Waals surface area contributed by atoms with Gasteiger partial charge in [0.05, 0.1) is 5.38 Å². The molecule has 1 fully saturated rings. The van der Waals surface area contributed by atoms with E-state index in [1.807, 2.05) is 0 Å². The Hall–Kier alpha value is 0.210. The third kappa shape index (κ3) is 2.11. The normalized spacial score (nSPS) is 35.4. The van der Waals surface area contributed by atoms with Gasteiger partial charge in [-0.25, -0.2) is 0 Å². The molecule has 10 heavy (non-hydrogen) atoms. The first kappa shape index (κ1) is 8.31. The number of hydrogen-bond acceptors (Lipinski definition) is 2. The van der Waals surface area contributed by atoms with Crippen molar-refractivity contribution in [3.63, 3.8) is 0 Å². The average Bonchev–Trinajstić information content (AvgIpc) is 2.13. The highest BCUT2D eigenvalue weighted by Gasteiger charge is 2.19. The van der Waals surface area contributed by atoms with Crippen LogP contribution in [-0.4, -0.2) is 11.4 Å². The van der Waals surface area contributed by atoms with Crippen molar-refractivity contribution in [1.82, 2.24) is 5.43 Å². The van der Waals surface area contributed by atoms with Gasteiger partial charge in [-0.1, -0.05) is 19.3 Å². The van der Waals surface area contributed by atoms with E-state index in [1.165, 1.54) is 19.3 Å². The zero-order chi connectivity index (χ0) is 7.40. The Kier molecular flexibility index (Phi) is 3.46. The van der Waals surface area contributed by atoms with Gasteiger partial charge >= 0.3 is 0 Å². The van der Waals surface area contributed by atoms with E-state index in [0.717, 1.165) is 12.8 Å². The number of halogens is 1. The van der Waals surface area contributed by atoms with Gasteiger partial charge in [-0.15, -0.1) is 11.6 Å². The monoisotopic (exact) mass is 162 g/mol. The summed E-state index contributed by atoms with van der Waals surface area (Å²) in [6.45, 7) is 0. The van der Waals surface area contributed by atoms with Crippen LogP contribution in [0.1, 0.15) is 32.1 Å². The fraction of sp³-hybridized carbons (Fsp3) is 1.00. The number of nitrogens with one attached hydrogen (secondary N) is 1. The van der Waals surface area contributed by atoms with E-state index in [9.17, 15) is 0 Å². The van der Waals surface area contributed by atoms with Crippen molar-refractivity contribution in [2.45, 2.75) is 43.5 Å². The molecule has 0 saturated heterocycles. The first-order valence-corrected chi connectivity index (χ1v) is 4.38. The van der Waals surface area contributed by atoms with E-state index < -0.39 is 0 Å². The van der Waals surface area contributed by atoms with E-state index in [4.69, 9.17) is 17.4 Å².